The highest BCUT2D eigenvalue weighted by Gasteiger charge is 2.33. The number of primary amides is 1. The number of amides is 1. The van der Waals surface area contributed by atoms with Gasteiger partial charge in [-0.1, -0.05) is 27.2 Å². The summed E-state index contributed by atoms with van der Waals surface area (Å²) in [6.07, 6.45) is 2.77. The van der Waals surface area contributed by atoms with Crippen LogP contribution in [0.2, 0.25) is 0 Å². The number of ether oxygens (including phenoxy) is 1. The van der Waals surface area contributed by atoms with Crippen LogP contribution in [0.25, 0.3) is 0 Å². The Labute approximate surface area is 163 Å². The molecule has 0 bridgehead atoms. The van der Waals surface area contributed by atoms with Gasteiger partial charge in [-0.3, -0.25) is 4.79 Å². The van der Waals surface area contributed by atoms with Crippen molar-refractivity contribution >= 4 is 15.9 Å². The Balaban J connectivity index is 2.38. The van der Waals surface area contributed by atoms with Crippen LogP contribution in [0.1, 0.15) is 63.5 Å². The van der Waals surface area contributed by atoms with Crippen molar-refractivity contribution in [3.05, 3.63) is 23.3 Å². The van der Waals surface area contributed by atoms with Crippen LogP contribution in [0, 0.1) is 12.8 Å². The van der Waals surface area contributed by atoms with Crippen LogP contribution >= 0.6 is 0 Å². The van der Waals surface area contributed by atoms with Crippen LogP contribution in [0.15, 0.2) is 17.0 Å². The molecule has 152 valence electrons. The second kappa shape index (κ2) is 9.06. The summed E-state index contributed by atoms with van der Waals surface area (Å²) in [7, 11) is -3.70. The van der Waals surface area contributed by atoms with Crippen molar-refractivity contribution in [2.75, 3.05) is 19.7 Å². The lowest BCUT2D eigenvalue weighted by molar-refractivity contribution is -0.122. The summed E-state index contributed by atoms with van der Waals surface area (Å²) < 4.78 is 34.0. The molecular weight excluding hydrogens is 364 g/mol. The molecule has 6 nitrogen and oxygen atoms in total. The highest BCUT2D eigenvalue weighted by atomic mass is 32.2. The van der Waals surface area contributed by atoms with Crippen LogP contribution in [0.3, 0.4) is 0 Å². The molecule has 1 amide bonds. The topological polar surface area (TPSA) is 89.7 Å². The minimum atomic E-state index is -3.70. The van der Waals surface area contributed by atoms with Gasteiger partial charge in [0.25, 0.3) is 0 Å². The first-order valence-corrected chi connectivity index (χ1v) is 11.2. The third-order valence-electron chi connectivity index (χ3n) is 5.18. The third-order valence-corrected chi connectivity index (χ3v) is 7.10. The number of nitrogens with two attached hydrogens (primary N) is 1. The Bertz CT molecular complexity index is 766. The fraction of sp³-hybridized carbons (Fsp3) is 0.650. The summed E-state index contributed by atoms with van der Waals surface area (Å²) >= 11 is 0. The Morgan fingerprint density at radius 1 is 1.30 bits per heavy atom. The van der Waals surface area contributed by atoms with Crippen LogP contribution in [-0.2, 0) is 14.8 Å². The minimum absolute atomic E-state index is 0.212. The van der Waals surface area contributed by atoms with Gasteiger partial charge in [0.05, 0.1) is 6.61 Å². The number of nitrogens with zero attached hydrogens (tertiary/aromatic N) is 1. The van der Waals surface area contributed by atoms with E-state index in [4.69, 9.17) is 10.5 Å². The number of hydrogen-bond donors (Lipinski definition) is 1. The highest BCUT2D eigenvalue weighted by Crippen LogP contribution is 2.34. The molecule has 1 fully saturated rings. The van der Waals surface area contributed by atoms with Gasteiger partial charge in [0.1, 0.15) is 10.6 Å². The molecule has 0 spiro atoms. The van der Waals surface area contributed by atoms with E-state index in [2.05, 4.69) is 20.8 Å². The zero-order valence-electron chi connectivity index (χ0n) is 16.8. The lowest BCUT2D eigenvalue weighted by Crippen LogP contribution is -2.41. The summed E-state index contributed by atoms with van der Waals surface area (Å²) in [4.78, 5) is 11.6. The van der Waals surface area contributed by atoms with Crippen LogP contribution < -0.4 is 10.5 Å². The van der Waals surface area contributed by atoms with Crippen molar-refractivity contribution < 1.29 is 17.9 Å². The Morgan fingerprint density at radius 2 is 1.93 bits per heavy atom. The molecule has 1 aliphatic heterocycles. The zero-order valence-corrected chi connectivity index (χ0v) is 17.6. The molecular formula is C20H32N2O4S. The average Bonchev–Trinajstić information content (AvgIpc) is 2.61. The quantitative estimate of drug-likeness (QED) is 0.683. The van der Waals surface area contributed by atoms with Gasteiger partial charge in [0.15, 0.2) is 0 Å². The van der Waals surface area contributed by atoms with Gasteiger partial charge >= 0.3 is 0 Å². The van der Waals surface area contributed by atoms with E-state index >= 15 is 0 Å². The van der Waals surface area contributed by atoms with E-state index in [1.54, 1.807) is 6.07 Å². The number of piperidine rings is 1. The third kappa shape index (κ3) is 5.02. The van der Waals surface area contributed by atoms with Crippen molar-refractivity contribution in [1.29, 1.82) is 0 Å². The van der Waals surface area contributed by atoms with E-state index in [0.717, 1.165) is 24.0 Å². The van der Waals surface area contributed by atoms with Gasteiger partial charge in [-0.15, -0.1) is 0 Å². The smallest absolute Gasteiger partial charge is 0.246 e. The second-order valence-corrected chi connectivity index (χ2v) is 9.50. The molecule has 2 rings (SSSR count). The maximum Gasteiger partial charge on any atom is 0.246 e. The maximum absolute atomic E-state index is 13.3. The minimum Gasteiger partial charge on any atom is -0.492 e. The van der Waals surface area contributed by atoms with Gasteiger partial charge in [-0.25, -0.2) is 8.42 Å². The summed E-state index contributed by atoms with van der Waals surface area (Å²) in [6, 6.07) is 3.60. The summed E-state index contributed by atoms with van der Waals surface area (Å²) in [5.74, 6) is 0.0284. The number of benzene rings is 1. The van der Waals surface area contributed by atoms with Crippen molar-refractivity contribution in [1.82, 2.24) is 4.31 Å². The molecule has 1 aliphatic rings. The van der Waals surface area contributed by atoms with Gasteiger partial charge < -0.3 is 10.5 Å². The molecule has 1 aromatic rings. The second-order valence-electron chi connectivity index (χ2n) is 7.59. The predicted octanol–water partition coefficient (Wildman–Crippen LogP) is 3.18. The monoisotopic (exact) mass is 396 g/mol. The fourth-order valence-electron chi connectivity index (χ4n) is 3.46. The number of hydrogen-bond acceptors (Lipinski definition) is 4. The Kier molecular flexibility index (Phi) is 7.28. The summed E-state index contributed by atoms with van der Waals surface area (Å²) in [5.41, 5.74) is 7.40. The number of sulfonamides is 1. The normalized spacial score (nSPS) is 16.6. The highest BCUT2D eigenvalue weighted by molar-refractivity contribution is 7.89. The first-order chi connectivity index (χ1) is 12.7. The molecule has 27 heavy (non-hydrogen) atoms. The standard InChI is InChI=1S/C20H32N2O4S/c1-5-6-11-26-18-12-15(4)17(14(2)3)13-19(18)27(24,25)22-9-7-16(8-10-22)20(21)23/h12-14,16H,5-11H2,1-4H3,(H2,21,23). The lowest BCUT2D eigenvalue weighted by atomic mass is 9.98. The van der Waals surface area contributed by atoms with Crippen LogP contribution in [-0.4, -0.2) is 38.3 Å². The van der Waals surface area contributed by atoms with E-state index in [-0.39, 0.29) is 22.6 Å². The Morgan fingerprint density at radius 3 is 2.44 bits per heavy atom. The van der Waals surface area contributed by atoms with Gasteiger partial charge in [-0.05, 0) is 55.4 Å². The van der Waals surface area contributed by atoms with Crippen molar-refractivity contribution in [2.24, 2.45) is 11.7 Å². The van der Waals surface area contributed by atoms with Crippen molar-refractivity contribution in [3.63, 3.8) is 0 Å². The van der Waals surface area contributed by atoms with Crippen molar-refractivity contribution in [2.45, 2.75) is 64.2 Å². The molecule has 0 saturated carbocycles. The molecule has 0 aliphatic carbocycles. The lowest BCUT2D eigenvalue weighted by Gasteiger charge is -2.30. The van der Waals surface area contributed by atoms with Crippen LogP contribution in [0.4, 0.5) is 0 Å². The number of carbonyl (C=O) groups excluding carboxylic acids is 1. The van der Waals surface area contributed by atoms with E-state index in [1.807, 2.05) is 13.0 Å². The molecule has 0 aromatic heterocycles. The molecule has 1 aromatic carbocycles. The number of aryl methyl sites for hydroxylation is 1. The van der Waals surface area contributed by atoms with Gasteiger partial charge in [0, 0.05) is 19.0 Å². The summed E-state index contributed by atoms with van der Waals surface area (Å²) in [5, 5.41) is 0. The van der Waals surface area contributed by atoms with Gasteiger partial charge in [0.2, 0.25) is 15.9 Å². The fourth-order valence-corrected chi connectivity index (χ4v) is 5.08. The number of unbranched alkanes of at least 4 members (excludes halogenated alkanes) is 1. The molecule has 7 heteroatoms. The number of carbonyl (C=O) groups is 1. The SMILES string of the molecule is CCCCOc1cc(C)c(C(C)C)cc1S(=O)(=O)N1CCC(C(N)=O)CC1. The van der Waals surface area contributed by atoms with Gasteiger partial charge in [-0.2, -0.15) is 4.31 Å². The van der Waals surface area contributed by atoms with E-state index in [1.165, 1.54) is 4.31 Å². The molecule has 1 heterocycles. The number of rotatable bonds is 8. The van der Waals surface area contributed by atoms with Crippen molar-refractivity contribution in [3.8, 4) is 5.75 Å². The molecule has 0 radical (unpaired) electrons. The van der Waals surface area contributed by atoms with Crippen LogP contribution in [0.5, 0.6) is 5.75 Å². The molecule has 0 atom stereocenters. The first-order valence-electron chi connectivity index (χ1n) is 9.75. The predicted molar refractivity (Wildman–Crippen MR) is 106 cm³/mol. The molecule has 1 saturated heterocycles. The first kappa shape index (κ1) is 21.7. The summed E-state index contributed by atoms with van der Waals surface area (Å²) in [6.45, 7) is 9.24. The molecule has 0 unspecified atom stereocenters. The largest absolute Gasteiger partial charge is 0.492 e. The van der Waals surface area contributed by atoms with E-state index < -0.39 is 10.0 Å². The average molecular weight is 397 g/mol. The Hall–Kier alpha value is -1.60. The van der Waals surface area contributed by atoms with E-state index in [0.29, 0.717) is 38.3 Å². The van der Waals surface area contributed by atoms with E-state index in [9.17, 15) is 13.2 Å². The molecule has 2 N–H and O–H groups in total. The zero-order chi connectivity index (χ0) is 20.2. The maximum atomic E-state index is 13.3.